The first-order chi connectivity index (χ1) is 6.75. The summed E-state index contributed by atoms with van der Waals surface area (Å²) in [7, 11) is 0. The van der Waals surface area contributed by atoms with Gasteiger partial charge in [-0.1, -0.05) is 6.07 Å². The van der Waals surface area contributed by atoms with Crippen molar-refractivity contribution in [2.45, 2.75) is 24.9 Å². The average molecular weight is 190 g/mol. The summed E-state index contributed by atoms with van der Waals surface area (Å²) in [6.45, 7) is 1.03. The summed E-state index contributed by atoms with van der Waals surface area (Å²) in [5, 5.41) is 9.42. The van der Waals surface area contributed by atoms with Crippen LogP contribution in [0.2, 0.25) is 0 Å². The summed E-state index contributed by atoms with van der Waals surface area (Å²) in [5.41, 5.74) is 8.54. The quantitative estimate of drug-likeness (QED) is 0.637. The molecule has 3 rings (SSSR count). The van der Waals surface area contributed by atoms with Gasteiger partial charge in [-0.15, -0.1) is 0 Å². The lowest BCUT2D eigenvalue weighted by atomic mass is 10.0. The van der Waals surface area contributed by atoms with Gasteiger partial charge in [0.15, 0.2) is 0 Å². The third kappa shape index (κ3) is 0.960. The van der Waals surface area contributed by atoms with Gasteiger partial charge in [0.25, 0.3) is 0 Å². The SMILES string of the molecule is NC1CCN2c3cc(O)ccc3CC12. The minimum atomic E-state index is 0.296. The van der Waals surface area contributed by atoms with Crippen molar-refractivity contribution in [3.8, 4) is 5.75 Å². The van der Waals surface area contributed by atoms with Gasteiger partial charge in [0, 0.05) is 30.4 Å². The number of nitrogens with zero attached hydrogens (tertiary/aromatic N) is 1. The van der Waals surface area contributed by atoms with Crippen molar-refractivity contribution >= 4 is 5.69 Å². The van der Waals surface area contributed by atoms with Gasteiger partial charge in [-0.2, -0.15) is 0 Å². The summed E-state index contributed by atoms with van der Waals surface area (Å²) in [6.07, 6.45) is 2.11. The van der Waals surface area contributed by atoms with E-state index < -0.39 is 0 Å². The van der Waals surface area contributed by atoms with Gasteiger partial charge in [0.05, 0.1) is 0 Å². The molecule has 2 unspecified atom stereocenters. The second-order valence-corrected chi connectivity index (χ2v) is 4.23. The van der Waals surface area contributed by atoms with Gasteiger partial charge < -0.3 is 15.7 Å². The molecule has 1 aromatic rings. The van der Waals surface area contributed by atoms with E-state index in [1.165, 1.54) is 11.3 Å². The van der Waals surface area contributed by atoms with Gasteiger partial charge in [-0.3, -0.25) is 0 Å². The standard InChI is InChI=1S/C11H14N2O/c12-9-3-4-13-10-6-8(14)2-1-7(10)5-11(9)13/h1-2,6,9,11,14H,3-5,12H2. The highest BCUT2D eigenvalue weighted by Gasteiger charge is 2.38. The van der Waals surface area contributed by atoms with Crippen LogP contribution in [0.3, 0.4) is 0 Å². The normalized spacial score (nSPS) is 29.1. The zero-order chi connectivity index (χ0) is 9.71. The number of phenols is 1. The van der Waals surface area contributed by atoms with E-state index in [4.69, 9.17) is 5.73 Å². The molecule has 0 bridgehead atoms. The highest BCUT2D eigenvalue weighted by Crippen LogP contribution is 2.38. The molecule has 14 heavy (non-hydrogen) atoms. The second-order valence-electron chi connectivity index (χ2n) is 4.23. The monoisotopic (exact) mass is 190 g/mol. The van der Waals surface area contributed by atoms with Crippen molar-refractivity contribution in [3.05, 3.63) is 23.8 Å². The van der Waals surface area contributed by atoms with E-state index in [0.29, 0.717) is 17.8 Å². The number of anilines is 1. The first kappa shape index (κ1) is 8.12. The maximum absolute atomic E-state index is 9.42. The minimum absolute atomic E-state index is 0.296. The average Bonchev–Trinajstić information content (AvgIpc) is 2.67. The predicted molar refractivity (Wildman–Crippen MR) is 55.5 cm³/mol. The Kier molecular flexibility index (Phi) is 1.53. The number of nitrogens with two attached hydrogens (primary N) is 1. The molecule has 2 heterocycles. The lowest BCUT2D eigenvalue weighted by Gasteiger charge is -2.20. The molecule has 1 aromatic carbocycles. The molecule has 0 aromatic heterocycles. The fraction of sp³-hybridized carbons (Fsp3) is 0.455. The molecule has 2 aliphatic rings. The molecule has 0 aliphatic carbocycles. The van der Waals surface area contributed by atoms with Crippen LogP contribution in [0.5, 0.6) is 5.75 Å². The Bertz CT molecular complexity index is 378. The van der Waals surface area contributed by atoms with Crippen LogP contribution in [-0.4, -0.2) is 23.7 Å². The fourth-order valence-corrected chi connectivity index (χ4v) is 2.66. The number of hydrogen-bond acceptors (Lipinski definition) is 3. The Morgan fingerprint density at radius 3 is 3.14 bits per heavy atom. The van der Waals surface area contributed by atoms with Gasteiger partial charge in [-0.25, -0.2) is 0 Å². The summed E-state index contributed by atoms with van der Waals surface area (Å²) < 4.78 is 0. The van der Waals surface area contributed by atoms with Crippen molar-refractivity contribution in [3.63, 3.8) is 0 Å². The molecule has 0 amide bonds. The summed E-state index contributed by atoms with van der Waals surface area (Å²) in [6, 6.07) is 6.38. The maximum atomic E-state index is 9.42. The van der Waals surface area contributed by atoms with Gasteiger partial charge in [-0.05, 0) is 24.5 Å². The van der Waals surface area contributed by atoms with Crippen LogP contribution in [0.25, 0.3) is 0 Å². The molecule has 3 heteroatoms. The molecule has 3 nitrogen and oxygen atoms in total. The van der Waals surface area contributed by atoms with E-state index in [-0.39, 0.29) is 0 Å². The molecule has 2 atom stereocenters. The lowest BCUT2D eigenvalue weighted by molar-refractivity contribution is 0.475. The van der Waals surface area contributed by atoms with Gasteiger partial charge in [0.2, 0.25) is 0 Å². The smallest absolute Gasteiger partial charge is 0.117 e. The van der Waals surface area contributed by atoms with Crippen LogP contribution in [0.4, 0.5) is 5.69 Å². The predicted octanol–water partition coefficient (Wildman–Crippen LogP) is 0.854. The van der Waals surface area contributed by atoms with E-state index in [1.54, 1.807) is 6.07 Å². The number of hydrogen-bond donors (Lipinski definition) is 2. The van der Waals surface area contributed by atoms with Crippen LogP contribution in [0.15, 0.2) is 18.2 Å². The first-order valence-electron chi connectivity index (χ1n) is 5.10. The zero-order valence-electron chi connectivity index (χ0n) is 7.98. The summed E-state index contributed by atoms with van der Waals surface area (Å²) >= 11 is 0. The molecule has 2 aliphatic heterocycles. The Morgan fingerprint density at radius 1 is 1.43 bits per heavy atom. The summed E-state index contributed by atoms with van der Waals surface area (Å²) in [5.74, 6) is 0.352. The molecular weight excluding hydrogens is 176 g/mol. The van der Waals surface area contributed by atoms with Crippen LogP contribution in [0, 0.1) is 0 Å². The van der Waals surface area contributed by atoms with E-state index in [2.05, 4.69) is 4.90 Å². The number of rotatable bonds is 0. The third-order valence-corrected chi connectivity index (χ3v) is 3.41. The highest BCUT2D eigenvalue weighted by molar-refractivity contribution is 5.63. The molecule has 74 valence electrons. The molecule has 0 saturated carbocycles. The van der Waals surface area contributed by atoms with Crippen molar-refractivity contribution in [2.24, 2.45) is 5.73 Å². The van der Waals surface area contributed by atoms with Crippen molar-refractivity contribution in [2.75, 3.05) is 11.4 Å². The molecule has 0 radical (unpaired) electrons. The van der Waals surface area contributed by atoms with Crippen molar-refractivity contribution < 1.29 is 5.11 Å². The third-order valence-electron chi connectivity index (χ3n) is 3.41. The van der Waals surface area contributed by atoms with E-state index in [1.807, 2.05) is 12.1 Å². The first-order valence-corrected chi connectivity index (χ1v) is 5.10. The van der Waals surface area contributed by atoms with Crippen molar-refractivity contribution in [1.82, 2.24) is 0 Å². The Balaban J connectivity index is 2.05. The molecule has 1 saturated heterocycles. The molecule has 1 fully saturated rings. The molecule has 0 spiro atoms. The number of benzene rings is 1. The van der Waals surface area contributed by atoms with Gasteiger partial charge in [0.1, 0.15) is 5.75 Å². The number of phenolic OH excluding ortho intramolecular Hbond substituents is 1. The van der Waals surface area contributed by atoms with Crippen LogP contribution in [-0.2, 0) is 6.42 Å². The second kappa shape index (κ2) is 2.64. The Labute approximate surface area is 83.1 Å². The topological polar surface area (TPSA) is 49.5 Å². The maximum Gasteiger partial charge on any atom is 0.117 e. The Hall–Kier alpha value is -1.22. The van der Waals surface area contributed by atoms with E-state index in [0.717, 1.165) is 19.4 Å². The van der Waals surface area contributed by atoms with Crippen LogP contribution < -0.4 is 10.6 Å². The largest absolute Gasteiger partial charge is 0.508 e. The highest BCUT2D eigenvalue weighted by atomic mass is 16.3. The molecular formula is C11H14N2O. The van der Waals surface area contributed by atoms with Crippen LogP contribution >= 0.6 is 0 Å². The van der Waals surface area contributed by atoms with E-state index in [9.17, 15) is 5.11 Å². The lowest BCUT2D eigenvalue weighted by Crippen LogP contribution is -2.36. The summed E-state index contributed by atoms with van der Waals surface area (Å²) in [4.78, 5) is 2.33. The fourth-order valence-electron chi connectivity index (χ4n) is 2.66. The number of aromatic hydroxyl groups is 1. The van der Waals surface area contributed by atoms with E-state index >= 15 is 0 Å². The number of fused-ring (bicyclic) bond motifs is 3. The Morgan fingerprint density at radius 2 is 2.29 bits per heavy atom. The zero-order valence-corrected chi connectivity index (χ0v) is 7.98. The molecule has 3 N–H and O–H groups in total. The minimum Gasteiger partial charge on any atom is -0.508 e. The van der Waals surface area contributed by atoms with Crippen LogP contribution in [0.1, 0.15) is 12.0 Å². The van der Waals surface area contributed by atoms with Crippen molar-refractivity contribution in [1.29, 1.82) is 0 Å². The van der Waals surface area contributed by atoms with Gasteiger partial charge >= 0.3 is 0 Å².